The fourth-order valence-corrected chi connectivity index (χ4v) is 3.92. The van der Waals surface area contributed by atoms with Crippen LogP contribution in [0.3, 0.4) is 0 Å². The van der Waals surface area contributed by atoms with Gasteiger partial charge in [0.15, 0.2) is 0 Å². The molecule has 0 aliphatic carbocycles. The minimum absolute atomic E-state index is 0.0952. The maximum absolute atomic E-state index is 12.7. The minimum atomic E-state index is -0.278. The van der Waals surface area contributed by atoms with Gasteiger partial charge >= 0.3 is 0 Å². The zero-order chi connectivity index (χ0) is 20.1. The van der Waals surface area contributed by atoms with E-state index in [4.69, 9.17) is 16.3 Å². The minimum Gasteiger partial charge on any atom is -0.495 e. The summed E-state index contributed by atoms with van der Waals surface area (Å²) in [5.74, 6) is 0.710. The summed E-state index contributed by atoms with van der Waals surface area (Å²) in [5.41, 5.74) is 0.571. The highest BCUT2D eigenvalue weighted by Gasteiger charge is 2.28. The van der Waals surface area contributed by atoms with Gasteiger partial charge in [-0.05, 0) is 38.0 Å². The van der Waals surface area contributed by atoms with Crippen molar-refractivity contribution in [1.29, 1.82) is 0 Å². The van der Waals surface area contributed by atoms with Gasteiger partial charge in [-0.3, -0.25) is 19.4 Å². The number of carbonyl (C=O) groups is 2. The van der Waals surface area contributed by atoms with Gasteiger partial charge in [-0.15, -0.1) is 0 Å². The topological polar surface area (TPSA) is 65.1 Å². The Hall–Kier alpha value is -1.83. The number of piperazine rings is 1. The van der Waals surface area contributed by atoms with Gasteiger partial charge in [0.2, 0.25) is 11.8 Å². The Labute approximate surface area is 171 Å². The Morgan fingerprint density at radius 1 is 1.14 bits per heavy atom. The molecule has 2 fully saturated rings. The van der Waals surface area contributed by atoms with E-state index in [1.54, 1.807) is 25.3 Å². The van der Waals surface area contributed by atoms with Crippen LogP contribution in [0, 0.1) is 0 Å². The first kappa shape index (κ1) is 20.9. The fourth-order valence-electron chi connectivity index (χ4n) is 3.75. The molecule has 2 saturated heterocycles. The average Bonchev–Trinajstić information content (AvgIpc) is 3.23. The largest absolute Gasteiger partial charge is 0.495 e. The summed E-state index contributed by atoms with van der Waals surface area (Å²) in [4.78, 5) is 31.3. The lowest BCUT2D eigenvalue weighted by Crippen LogP contribution is -2.54. The Morgan fingerprint density at radius 2 is 1.82 bits per heavy atom. The fraction of sp³-hybridized carbons (Fsp3) is 0.600. The quantitative estimate of drug-likeness (QED) is 0.779. The van der Waals surface area contributed by atoms with E-state index in [9.17, 15) is 9.59 Å². The number of carbonyl (C=O) groups excluding carboxylic acids is 2. The van der Waals surface area contributed by atoms with Crippen LogP contribution in [0.25, 0.3) is 0 Å². The van der Waals surface area contributed by atoms with Crippen molar-refractivity contribution in [2.45, 2.75) is 25.8 Å². The second-order valence-electron chi connectivity index (χ2n) is 7.41. The molecule has 0 unspecified atom stereocenters. The molecule has 3 rings (SSSR count). The van der Waals surface area contributed by atoms with Crippen LogP contribution in [-0.2, 0) is 9.59 Å². The molecule has 28 heavy (non-hydrogen) atoms. The van der Waals surface area contributed by atoms with Crippen LogP contribution in [0.15, 0.2) is 18.2 Å². The molecule has 0 aromatic heterocycles. The molecule has 2 amide bonds. The lowest BCUT2D eigenvalue weighted by molar-refractivity contribution is -0.132. The highest BCUT2D eigenvalue weighted by Crippen LogP contribution is 2.28. The summed E-state index contributed by atoms with van der Waals surface area (Å²) in [7, 11) is 1.56. The van der Waals surface area contributed by atoms with Gasteiger partial charge < -0.3 is 15.0 Å². The summed E-state index contributed by atoms with van der Waals surface area (Å²) >= 11 is 6.04. The Bertz CT molecular complexity index is 701. The van der Waals surface area contributed by atoms with Crippen molar-refractivity contribution in [3.63, 3.8) is 0 Å². The number of nitrogens with one attached hydrogen (secondary N) is 1. The van der Waals surface area contributed by atoms with E-state index in [0.717, 1.165) is 52.1 Å². The smallest absolute Gasteiger partial charge is 0.241 e. The molecule has 1 aromatic carbocycles. The van der Waals surface area contributed by atoms with Crippen molar-refractivity contribution in [3.05, 3.63) is 23.2 Å². The maximum atomic E-state index is 12.7. The number of hydrogen-bond donors (Lipinski definition) is 1. The monoisotopic (exact) mass is 408 g/mol. The molecule has 0 radical (unpaired) electrons. The predicted molar refractivity (Wildman–Crippen MR) is 110 cm³/mol. The number of halogens is 1. The number of likely N-dealkylation sites (tertiary alicyclic amines) is 1. The van der Waals surface area contributed by atoms with E-state index in [2.05, 4.69) is 15.1 Å². The molecule has 2 heterocycles. The second kappa shape index (κ2) is 9.58. The molecule has 1 atom stereocenters. The molecular formula is C20H29ClN4O3. The highest BCUT2D eigenvalue weighted by molar-refractivity contribution is 6.31. The molecule has 0 spiro atoms. The van der Waals surface area contributed by atoms with Crippen molar-refractivity contribution in [2.75, 3.05) is 58.2 Å². The number of anilines is 1. The number of methoxy groups -OCH3 is 1. The maximum Gasteiger partial charge on any atom is 0.241 e. The van der Waals surface area contributed by atoms with Crippen molar-refractivity contribution in [3.8, 4) is 5.75 Å². The number of nitrogens with zero attached hydrogens (tertiary/aromatic N) is 3. The first-order valence-electron chi connectivity index (χ1n) is 9.86. The summed E-state index contributed by atoms with van der Waals surface area (Å²) in [5, 5.41) is 3.46. The lowest BCUT2D eigenvalue weighted by Gasteiger charge is -2.37. The first-order chi connectivity index (χ1) is 13.5. The summed E-state index contributed by atoms with van der Waals surface area (Å²) < 4.78 is 5.29. The lowest BCUT2D eigenvalue weighted by atomic mass is 10.2. The highest BCUT2D eigenvalue weighted by atomic mass is 35.5. The van der Waals surface area contributed by atoms with Gasteiger partial charge in [-0.2, -0.15) is 0 Å². The number of hydrogen-bond acceptors (Lipinski definition) is 5. The molecule has 8 heteroatoms. The normalized spacial score (nSPS) is 19.5. The van der Waals surface area contributed by atoms with E-state index in [1.165, 1.54) is 0 Å². The molecular weight excluding hydrogens is 380 g/mol. The Balaban J connectivity index is 1.49. The van der Waals surface area contributed by atoms with Crippen LogP contribution in [0.2, 0.25) is 5.02 Å². The van der Waals surface area contributed by atoms with Crippen LogP contribution >= 0.6 is 11.6 Å². The zero-order valence-corrected chi connectivity index (χ0v) is 17.4. The Morgan fingerprint density at radius 3 is 2.46 bits per heavy atom. The summed E-state index contributed by atoms with van der Waals surface area (Å²) in [6.07, 6.45) is 2.23. The van der Waals surface area contributed by atoms with Gasteiger partial charge in [0, 0.05) is 44.3 Å². The average molecular weight is 409 g/mol. The summed E-state index contributed by atoms with van der Waals surface area (Å²) in [6, 6.07) is 4.87. The van der Waals surface area contributed by atoms with Crippen molar-refractivity contribution < 1.29 is 14.3 Å². The zero-order valence-electron chi connectivity index (χ0n) is 16.6. The third-order valence-corrected chi connectivity index (χ3v) is 5.81. The van der Waals surface area contributed by atoms with E-state index < -0.39 is 0 Å². The van der Waals surface area contributed by atoms with E-state index >= 15 is 0 Å². The van der Waals surface area contributed by atoms with E-state index in [0.29, 0.717) is 23.0 Å². The van der Waals surface area contributed by atoms with Gasteiger partial charge in [0.05, 0.1) is 25.4 Å². The molecule has 154 valence electrons. The van der Waals surface area contributed by atoms with Crippen LogP contribution in [-0.4, -0.2) is 85.5 Å². The van der Waals surface area contributed by atoms with E-state index in [1.807, 2.05) is 11.8 Å². The second-order valence-corrected chi connectivity index (χ2v) is 7.85. The summed E-state index contributed by atoms with van der Waals surface area (Å²) in [6.45, 7) is 7.26. The van der Waals surface area contributed by atoms with Gasteiger partial charge in [0.1, 0.15) is 5.75 Å². The molecule has 1 aromatic rings. The SMILES string of the molecule is COc1ccc(Cl)cc1NC(=O)[C@@H](C)N1CCN(CC(=O)N2CCCC2)CC1. The number of amides is 2. The van der Waals surface area contributed by atoms with Gasteiger partial charge in [-0.25, -0.2) is 0 Å². The molecule has 1 N–H and O–H groups in total. The number of benzene rings is 1. The third-order valence-electron chi connectivity index (χ3n) is 5.57. The third kappa shape index (κ3) is 5.16. The van der Waals surface area contributed by atoms with E-state index in [-0.39, 0.29) is 17.9 Å². The van der Waals surface area contributed by atoms with Crippen LogP contribution in [0.5, 0.6) is 5.75 Å². The van der Waals surface area contributed by atoms with Crippen molar-refractivity contribution in [1.82, 2.24) is 14.7 Å². The first-order valence-corrected chi connectivity index (χ1v) is 10.2. The predicted octanol–water partition coefficient (Wildman–Crippen LogP) is 1.92. The number of rotatable bonds is 6. The van der Waals surface area contributed by atoms with Crippen LogP contribution < -0.4 is 10.1 Å². The molecule has 7 nitrogen and oxygen atoms in total. The molecule has 0 bridgehead atoms. The van der Waals surface area contributed by atoms with Gasteiger partial charge in [-0.1, -0.05) is 11.6 Å². The van der Waals surface area contributed by atoms with Crippen LogP contribution in [0.1, 0.15) is 19.8 Å². The van der Waals surface area contributed by atoms with Crippen LogP contribution in [0.4, 0.5) is 5.69 Å². The standard InChI is InChI=1S/C20H29ClN4O3/c1-15(20(27)22-17-13-16(21)5-6-18(17)28-2)24-11-9-23(10-12-24)14-19(26)25-7-3-4-8-25/h5-6,13,15H,3-4,7-12,14H2,1-2H3,(H,22,27)/t15-/m1/s1. The Kier molecular flexibility index (Phi) is 7.15. The molecule has 2 aliphatic heterocycles. The molecule has 0 saturated carbocycles. The molecule has 2 aliphatic rings. The van der Waals surface area contributed by atoms with Gasteiger partial charge in [0.25, 0.3) is 0 Å². The van der Waals surface area contributed by atoms with Crippen molar-refractivity contribution in [2.24, 2.45) is 0 Å². The van der Waals surface area contributed by atoms with Crippen molar-refractivity contribution >= 4 is 29.1 Å². The number of ether oxygens (including phenoxy) is 1.